The number of nitrogens with one attached hydrogen (secondary N) is 3. The molecule has 4 heterocycles. The van der Waals surface area contributed by atoms with E-state index in [1.54, 1.807) is 21.8 Å². The number of halogens is 1. The summed E-state index contributed by atoms with van der Waals surface area (Å²) in [6.07, 6.45) is 5.05. The molecule has 0 bridgehead atoms. The SMILES string of the molecule is CC(C)c1c2cc(-c3ccnc(N[C@H]4CC[C@H](NCc5cccc6c5CN(C5CCC(=O)NC5=O)C6=O)C4)n3)cc(F)c2nn1C. The zero-order valence-electron chi connectivity index (χ0n) is 26.1. The van der Waals surface area contributed by atoms with E-state index in [9.17, 15) is 14.4 Å². The fraction of sp³-hybridized carbons (Fsp3) is 0.412. The molecule has 1 saturated carbocycles. The van der Waals surface area contributed by atoms with Gasteiger partial charge in [-0.1, -0.05) is 26.0 Å². The number of anilines is 1. The topological polar surface area (TPSA) is 134 Å². The number of nitrogens with zero attached hydrogens (tertiary/aromatic N) is 5. The van der Waals surface area contributed by atoms with Crippen LogP contribution in [0.1, 0.15) is 79.0 Å². The number of hydrogen-bond donors (Lipinski definition) is 3. The standard InChI is InChI=1S/C34H37FN8O3/c1-18(2)31-24-13-20(14-26(35)30(24)41-42(31)3)27-11-12-36-34(39-27)38-22-8-7-21(15-22)37-16-19-5-4-6-23-25(19)17-43(33(23)46)28-9-10-29(44)40-32(28)45/h4-6,11-14,18,21-22,28,37H,7-10,15-17H2,1-3H3,(H,36,38,39)(H,40,44,45)/t21-,22-,28?/m0/s1. The Morgan fingerprint density at radius 1 is 1.09 bits per heavy atom. The number of amides is 3. The van der Waals surface area contributed by atoms with Gasteiger partial charge in [-0.15, -0.1) is 0 Å². The summed E-state index contributed by atoms with van der Waals surface area (Å²) >= 11 is 0. The molecule has 1 saturated heterocycles. The molecule has 3 amide bonds. The number of aryl methyl sites for hydroxylation is 1. The molecule has 46 heavy (non-hydrogen) atoms. The second kappa shape index (κ2) is 11.9. The molecule has 11 nitrogen and oxygen atoms in total. The highest BCUT2D eigenvalue weighted by Crippen LogP contribution is 2.33. The molecule has 1 aliphatic carbocycles. The molecule has 3 N–H and O–H groups in total. The maximum Gasteiger partial charge on any atom is 0.255 e. The van der Waals surface area contributed by atoms with Crippen LogP contribution < -0.4 is 16.0 Å². The Balaban J connectivity index is 0.993. The molecule has 2 fully saturated rings. The van der Waals surface area contributed by atoms with E-state index in [-0.39, 0.29) is 42.1 Å². The first-order valence-corrected chi connectivity index (χ1v) is 15.9. The molecule has 7 rings (SSSR count). The first-order chi connectivity index (χ1) is 22.2. The monoisotopic (exact) mass is 624 g/mol. The van der Waals surface area contributed by atoms with Gasteiger partial charge in [-0.25, -0.2) is 14.4 Å². The second-order valence-corrected chi connectivity index (χ2v) is 12.9. The minimum Gasteiger partial charge on any atom is -0.351 e. The fourth-order valence-electron chi connectivity index (χ4n) is 7.25. The van der Waals surface area contributed by atoms with Crippen molar-refractivity contribution in [2.75, 3.05) is 5.32 Å². The highest BCUT2D eigenvalue weighted by atomic mass is 19.1. The number of carbonyl (C=O) groups is 3. The Morgan fingerprint density at radius 2 is 1.91 bits per heavy atom. The maximum absolute atomic E-state index is 15.1. The largest absolute Gasteiger partial charge is 0.351 e. The summed E-state index contributed by atoms with van der Waals surface area (Å²) in [6, 6.07) is 10.7. The first kappa shape index (κ1) is 30.0. The van der Waals surface area contributed by atoms with Gasteiger partial charge in [0.1, 0.15) is 11.6 Å². The average molecular weight is 625 g/mol. The number of hydrogen-bond acceptors (Lipinski definition) is 8. The maximum atomic E-state index is 15.1. The van der Waals surface area contributed by atoms with Gasteiger partial charge in [0, 0.05) is 67.0 Å². The lowest BCUT2D eigenvalue weighted by Gasteiger charge is -2.29. The molecule has 3 aliphatic rings. The van der Waals surface area contributed by atoms with E-state index in [1.165, 1.54) is 6.07 Å². The molecular weight excluding hydrogens is 587 g/mol. The molecule has 1 unspecified atom stereocenters. The van der Waals surface area contributed by atoms with Crippen LogP contribution in [0, 0.1) is 5.82 Å². The number of benzene rings is 2. The molecule has 2 aliphatic heterocycles. The molecule has 12 heteroatoms. The van der Waals surface area contributed by atoms with Crippen molar-refractivity contribution in [2.24, 2.45) is 7.05 Å². The second-order valence-electron chi connectivity index (χ2n) is 12.9. The van der Waals surface area contributed by atoms with Crippen LogP contribution in [-0.4, -0.2) is 60.5 Å². The van der Waals surface area contributed by atoms with Crippen LogP contribution in [0.5, 0.6) is 0 Å². The van der Waals surface area contributed by atoms with Crippen molar-refractivity contribution in [3.63, 3.8) is 0 Å². The van der Waals surface area contributed by atoms with Crippen LogP contribution in [0.25, 0.3) is 22.2 Å². The zero-order chi connectivity index (χ0) is 32.1. The van der Waals surface area contributed by atoms with Crippen LogP contribution >= 0.6 is 0 Å². The van der Waals surface area contributed by atoms with Gasteiger partial charge in [0.25, 0.3) is 5.91 Å². The normalized spacial score (nSPS) is 21.4. The minimum atomic E-state index is -0.629. The van der Waals surface area contributed by atoms with Gasteiger partial charge in [-0.05, 0) is 67.0 Å². The lowest BCUT2D eigenvalue weighted by atomic mass is 10.0. The van der Waals surface area contributed by atoms with E-state index in [2.05, 4.69) is 39.9 Å². The van der Waals surface area contributed by atoms with Crippen molar-refractivity contribution in [1.82, 2.24) is 35.3 Å². The highest BCUT2D eigenvalue weighted by Gasteiger charge is 2.39. The van der Waals surface area contributed by atoms with Crippen molar-refractivity contribution < 1.29 is 18.8 Å². The van der Waals surface area contributed by atoms with Crippen LogP contribution in [0.2, 0.25) is 0 Å². The number of fused-ring (bicyclic) bond motifs is 2. The van der Waals surface area contributed by atoms with Crippen LogP contribution in [0.4, 0.5) is 10.3 Å². The predicted octanol–water partition coefficient (Wildman–Crippen LogP) is 4.18. The molecule has 2 aromatic heterocycles. The van der Waals surface area contributed by atoms with Crippen LogP contribution in [0.15, 0.2) is 42.6 Å². The van der Waals surface area contributed by atoms with Crippen molar-refractivity contribution in [1.29, 1.82) is 0 Å². The van der Waals surface area contributed by atoms with Gasteiger partial charge in [-0.3, -0.25) is 24.4 Å². The van der Waals surface area contributed by atoms with E-state index in [0.29, 0.717) is 47.8 Å². The van der Waals surface area contributed by atoms with Crippen molar-refractivity contribution >= 4 is 34.6 Å². The quantitative estimate of drug-likeness (QED) is 0.249. The molecule has 238 valence electrons. The number of carbonyl (C=O) groups excluding carboxylic acids is 3. The summed E-state index contributed by atoms with van der Waals surface area (Å²) in [4.78, 5) is 48.0. The Bertz CT molecular complexity index is 1870. The number of aromatic nitrogens is 4. The van der Waals surface area contributed by atoms with E-state index in [4.69, 9.17) is 4.98 Å². The van der Waals surface area contributed by atoms with Gasteiger partial charge < -0.3 is 15.5 Å². The zero-order valence-corrected chi connectivity index (χ0v) is 26.1. The van der Waals surface area contributed by atoms with E-state index in [0.717, 1.165) is 41.5 Å². The van der Waals surface area contributed by atoms with Gasteiger partial charge in [0.2, 0.25) is 17.8 Å². The third-order valence-corrected chi connectivity index (χ3v) is 9.46. The Labute approximate surface area is 266 Å². The van der Waals surface area contributed by atoms with E-state index in [1.807, 2.05) is 31.3 Å². The summed E-state index contributed by atoms with van der Waals surface area (Å²) in [5.41, 5.74) is 5.26. The van der Waals surface area contributed by atoms with Gasteiger partial charge in [0.15, 0.2) is 5.82 Å². The Hall–Kier alpha value is -4.71. The summed E-state index contributed by atoms with van der Waals surface area (Å²) in [6.45, 7) is 5.10. The Morgan fingerprint density at radius 3 is 2.72 bits per heavy atom. The summed E-state index contributed by atoms with van der Waals surface area (Å²) < 4.78 is 16.8. The first-order valence-electron chi connectivity index (χ1n) is 15.9. The smallest absolute Gasteiger partial charge is 0.255 e. The Kier molecular flexibility index (Phi) is 7.75. The third kappa shape index (κ3) is 5.51. The van der Waals surface area contributed by atoms with Crippen molar-refractivity contribution in [3.8, 4) is 11.3 Å². The van der Waals surface area contributed by atoms with Crippen LogP contribution in [0.3, 0.4) is 0 Å². The van der Waals surface area contributed by atoms with Crippen LogP contribution in [-0.2, 0) is 29.7 Å². The van der Waals surface area contributed by atoms with Gasteiger partial charge in [-0.2, -0.15) is 5.10 Å². The lowest BCUT2D eigenvalue weighted by Crippen LogP contribution is -2.52. The summed E-state index contributed by atoms with van der Waals surface area (Å²) in [7, 11) is 1.84. The molecule has 0 spiro atoms. The predicted molar refractivity (Wildman–Crippen MR) is 170 cm³/mol. The molecule has 2 aromatic carbocycles. The fourth-order valence-corrected chi connectivity index (χ4v) is 7.25. The number of imide groups is 1. The average Bonchev–Trinajstić information content (AvgIpc) is 3.71. The lowest BCUT2D eigenvalue weighted by molar-refractivity contribution is -0.136. The van der Waals surface area contributed by atoms with Crippen molar-refractivity contribution in [2.45, 2.75) is 83.1 Å². The van der Waals surface area contributed by atoms with Crippen molar-refractivity contribution in [3.05, 3.63) is 70.8 Å². The van der Waals surface area contributed by atoms with E-state index >= 15 is 4.39 Å². The molecular formula is C34H37FN8O3. The van der Waals surface area contributed by atoms with Gasteiger partial charge in [0.05, 0.1) is 5.69 Å². The molecule has 4 aromatic rings. The minimum absolute atomic E-state index is 0.165. The summed E-state index contributed by atoms with van der Waals surface area (Å²) in [5, 5.41) is 14.7. The highest BCUT2D eigenvalue weighted by molar-refractivity contribution is 6.05. The molecule has 3 atom stereocenters. The number of rotatable bonds is 8. The third-order valence-electron chi connectivity index (χ3n) is 9.46. The molecule has 0 radical (unpaired) electrons. The number of piperidine rings is 1. The van der Waals surface area contributed by atoms with Gasteiger partial charge >= 0.3 is 0 Å². The van der Waals surface area contributed by atoms with E-state index < -0.39 is 11.9 Å². The summed E-state index contributed by atoms with van der Waals surface area (Å²) in [5.74, 6) is -0.539.